The molecule has 1 aromatic rings. The number of carbonyl (C=O) groups excluding carboxylic acids is 11. The normalized spacial score (nSPS) is 24.4. The molecule has 382 valence electrons. The van der Waals surface area contributed by atoms with Crippen LogP contribution >= 0.6 is 11.8 Å². The van der Waals surface area contributed by atoms with Crippen LogP contribution in [0.3, 0.4) is 0 Å². The summed E-state index contributed by atoms with van der Waals surface area (Å²) in [7, 11) is 1.49. The summed E-state index contributed by atoms with van der Waals surface area (Å²) < 4.78 is 28.6. The summed E-state index contributed by atoms with van der Waals surface area (Å²) in [5.74, 6) is -10.6. The maximum atomic E-state index is 14.5. The Kier molecular flexibility index (Phi) is 21.2. The van der Waals surface area contributed by atoms with Crippen molar-refractivity contribution in [2.24, 2.45) is 29.0 Å². The van der Waals surface area contributed by atoms with Crippen LogP contribution < -0.4 is 59.2 Å². The number of benzene rings is 1. The van der Waals surface area contributed by atoms with Crippen LogP contribution in [0.1, 0.15) is 95.1 Å². The van der Waals surface area contributed by atoms with E-state index in [1.165, 1.54) is 14.0 Å². The minimum atomic E-state index is -2.53. The molecule has 2 saturated heterocycles. The molecule has 0 radical (unpaired) electrons. The molecule has 0 aromatic heterocycles. The van der Waals surface area contributed by atoms with Crippen LogP contribution in [-0.4, -0.2) is 144 Å². The SMILES string of the molecule is [2H]C([2H])([2H])C(C)CC(NC(=O)[C@@H]1CCCN1C(=O)[C@@H]1CSCCCC(=O)N[C@@H](Cc2ccc(OC)cc2)C(=O)N[C@@H](C(C)CC)C(=O)N[C@@H](CCC(N)=O)C(=O)N[C@@H](CC(N)=O)C(=O)N1)C(=O)NCC(N)=O. The fourth-order valence-electron chi connectivity index (χ4n) is 7.57. The van der Waals surface area contributed by atoms with E-state index in [4.69, 9.17) is 26.1 Å². The molecule has 2 heterocycles. The highest BCUT2D eigenvalue weighted by molar-refractivity contribution is 7.99. The number of methoxy groups -OCH3 is 1. The number of primary amides is 3. The molecule has 0 aliphatic carbocycles. The second-order valence-corrected chi connectivity index (χ2v) is 18.3. The monoisotopic (exact) mass is 991 g/mol. The molecular formula is C45H69N11O12S. The molecule has 9 atom stereocenters. The van der Waals surface area contributed by atoms with Gasteiger partial charge in [-0.05, 0) is 67.4 Å². The van der Waals surface area contributed by atoms with Crippen molar-refractivity contribution in [2.75, 3.05) is 31.7 Å². The Hall–Kier alpha value is -6.46. The van der Waals surface area contributed by atoms with Crippen LogP contribution in [0.4, 0.5) is 0 Å². The third-order valence-electron chi connectivity index (χ3n) is 11.5. The lowest BCUT2D eigenvalue weighted by molar-refractivity contribution is -0.142. The Bertz CT molecular complexity index is 2140. The van der Waals surface area contributed by atoms with E-state index in [1.807, 2.05) is 0 Å². The van der Waals surface area contributed by atoms with Crippen molar-refractivity contribution in [1.82, 2.24) is 42.1 Å². The number of hydrogen-bond donors (Lipinski definition) is 10. The number of hydrogen-bond acceptors (Lipinski definition) is 13. The smallest absolute Gasteiger partial charge is 0.246 e. The van der Waals surface area contributed by atoms with Crippen LogP contribution in [0.5, 0.6) is 5.75 Å². The van der Waals surface area contributed by atoms with Gasteiger partial charge >= 0.3 is 0 Å². The summed E-state index contributed by atoms with van der Waals surface area (Å²) in [5.41, 5.74) is 16.7. The van der Waals surface area contributed by atoms with E-state index in [0.29, 0.717) is 17.7 Å². The summed E-state index contributed by atoms with van der Waals surface area (Å²) in [6, 6.07) is -3.24. The fourth-order valence-corrected chi connectivity index (χ4v) is 8.54. The number of nitrogens with one attached hydrogen (secondary N) is 7. The van der Waals surface area contributed by atoms with Gasteiger partial charge in [-0.25, -0.2) is 0 Å². The van der Waals surface area contributed by atoms with Crippen molar-refractivity contribution >= 4 is 76.7 Å². The van der Waals surface area contributed by atoms with Gasteiger partial charge in [-0.3, -0.25) is 52.7 Å². The van der Waals surface area contributed by atoms with Gasteiger partial charge in [0.05, 0.1) is 20.1 Å². The van der Waals surface area contributed by atoms with Gasteiger partial charge in [0.1, 0.15) is 48.0 Å². The standard InChI is InChI=1S/C45H69N11O12S/c1-6-25(4)38-44(66)51-28(15-16-34(46)57)40(62)52-31(21-35(47)58)41(63)54-32(23-69-18-8-10-37(60)50-30(42(64)55-38)20-26-11-13-27(68-5)14-12-26)45(67)56-17-7-9-33(56)43(65)53-29(19-24(2)3)39(61)49-22-36(48)59/h11-14,24-25,28-33,38H,6-10,15-23H2,1-5H3,(H2,46,57)(H2,47,58)(H2,48,59)(H,49,61)(H,50,60)(H,51,66)(H,52,62)(H,53,65)(H,54,63)(H,55,64)/t25?,28-,29?,30-,31-,32-,33-,38-/m0/s1/i2D3/t24?,25?,28-,29?,30-,31-,32-,33-,38-. The van der Waals surface area contributed by atoms with Gasteiger partial charge in [0.25, 0.3) is 0 Å². The summed E-state index contributed by atoms with van der Waals surface area (Å²) in [6.07, 6.45) is -1.19. The first kappa shape index (κ1) is 51.9. The maximum absolute atomic E-state index is 14.5. The number of thioether (sulfide) groups is 1. The van der Waals surface area contributed by atoms with E-state index in [0.717, 1.165) is 16.7 Å². The van der Waals surface area contributed by atoms with Crippen molar-refractivity contribution < 1.29 is 61.6 Å². The van der Waals surface area contributed by atoms with Crippen molar-refractivity contribution in [3.63, 3.8) is 0 Å². The minimum absolute atomic E-state index is 0.000426. The van der Waals surface area contributed by atoms with Crippen LogP contribution in [0.15, 0.2) is 24.3 Å². The van der Waals surface area contributed by atoms with Crippen molar-refractivity contribution in [1.29, 1.82) is 0 Å². The van der Waals surface area contributed by atoms with E-state index < -0.39 is 152 Å². The predicted octanol–water partition coefficient (Wildman–Crippen LogP) is -2.50. The van der Waals surface area contributed by atoms with E-state index in [2.05, 4.69) is 37.2 Å². The Labute approximate surface area is 410 Å². The Balaban J connectivity index is 2.04. The Morgan fingerprint density at radius 1 is 0.855 bits per heavy atom. The highest BCUT2D eigenvalue weighted by atomic mass is 32.2. The number of amides is 11. The van der Waals surface area contributed by atoms with E-state index in [-0.39, 0.29) is 56.6 Å². The number of nitrogens with zero attached hydrogens (tertiary/aromatic N) is 1. The second kappa shape index (κ2) is 28.1. The third kappa shape index (κ3) is 18.9. The summed E-state index contributed by atoms with van der Waals surface area (Å²) >= 11 is 1.13. The molecule has 2 aliphatic rings. The van der Waals surface area contributed by atoms with Crippen LogP contribution in [0.25, 0.3) is 0 Å². The minimum Gasteiger partial charge on any atom is -0.497 e. The molecule has 1 aromatic carbocycles. The third-order valence-corrected chi connectivity index (χ3v) is 12.6. The molecule has 11 amide bonds. The second-order valence-electron chi connectivity index (χ2n) is 17.2. The zero-order valence-electron chi connectivity index (χ0n) is 42.4. The van der Waals surface area contributed by atoms with E-state index >= 15 is 0 Å². The maximum Gasteiger partial charge on any atom is 0.246 e. The molecule has 23 nitrogen and oxygen atoms in total. The van der Waals surface area contributed by atoms with Crippen LogP contribution in [-0.2, 0) is 59.2 Å². The van der Waals surface area contributed by atoms with Crippen molar-refractivity contribution in [3.8, 4) is 5.75 Å². The summed E-state index contributed by atoms with van der Waals surface area (Å²) in [4.78, 5) is 148. The lowest BCUT2D eigenvalue weighted by atomic mass is 9.96. The number of rotatable bonds is 18. The average Bonchev–Trinajstić information content (AvgIpc) is 3.82. The largest absolute Gasteiger partial charge is 0.497 e. The predicted molar refractivity (Wildman–Crippen MR) is 253 cm³/mol. The number of carbonyl (C=O) groups is 11. The van der Waals surface area contributed by atoms with Gasteiger partial charge in [-0.15, -0.1) is 0 Å². The Morgan fingerprint density at radius 2 is 1.52 bits per heavy atom. The van der Waals surface area contributed by atoms with Crippen molar-refractivity contribution in [2.45, 2.75) is 134 Å². The zero-order chi connectivity index (χ0) is 53.9. The van der Waals surface area contributed by atoms with Gasteiger partial charge in [0.15, 0.2) is 0 Å². The molecule has 0 spiro atoms. The molecule has 2 aliphatic heterocycles. The van der Waals surface area contributed by atoms with Crippen molar-refractivity contribution in [3.05, 3.63) is 29.8 Å². The summed E-state index contributed by atoms with van der Waals surface area (Å²) in [6.45, 7) is 1.64. The van der Waals surface area contributed by atoms with Gasteiger partial charge in [-0.2, -0.15) is 11.8 Å². The lowest BCUT2D eigenvalue weighted by Crippen LogP contribution is -2.61. The first-order valence-electron chi connectivity index (χ1n) is 24.3. The van der Waals surface area contributed by atoms with Gasteiger partial charge < -0.3 is 64.1 Å². The topological polar surface area (TPSA) is 363 Å². The number of ether oxygens (including phenoxy) is 1. The highest BCUT2D eigenvalue weighted by Crippen LogP contribution is 2.22. The molecular weight excluding hydrogens is 919 g/mol. The lowest BCUT2D eigenvalue weighted by Gasteiger charge is -2.31. The molecule has 69 heavy (non-hydrogen) atoms. The quantitative estimate of drug-likeness (QED) is 0.0728. The first-order chi connectivity index (χ1) is 33.8. The molecule has 24 heteroatoms. The van der Waals surface area contributed by atoms with Crippen LogP contribution in [0.2, 0.25) is 0 Å². The van der Waals surface area contributed by atoms with E-state index in [9.17, 15) is 52.7 Å². The average molecular weight is 991 g/mol. The van der Waals surface area contributed by atoms with Crippen LogP contribution in [0, 0.1) is 11.8 Å². The first-order valence-corrected chi connectivity index (χ1v) is 23.9. The number of likely N-dealkylation sites (tertiary alicyclic amines) is 1. The molecule has 13 N–H and O–H groups in total. The highest BCUT2D eigenvalue weighted by Gasteiger charge is 2.40. The molecule has 2 fully saturated rings. The Morgan fingerprint density at radius 3 is 2.14 bits per heavy atom. The molecule has 3 rings (SSSR count). The van der Waals surface area contributed by atoms with Gasteiger partial charge in [0.2, 0.25) is 65.0 Å². The molecule has 0 saturated carbocycles. The van der Waals surface area contributed by atoms with Gasteiger partial charge in [-0.1, -0.05) is 46.2 Å². The van der Waals surface area contributed by atoms with E-state index in [1.54, 1.807) is 38.1 Å². The fraction of sp³-hybridized carbons (Fsp3) is 0.622. The molecule has 0 bridgehead atoms. The summed E-state index contributed by atoms with van der Waals surface area (Å²) in [5, 5.41) is 17.7. The zero-order valence-corrected chi connectivity index (χ0v) is 40.2. The number of nitrogens with two attached hydrogens (primary N) is 3. The molecule has 3 unspecified atom stereocenters. The van der Waals surface area contributed by atoms with Gasteiger partial charge in [0, 0.05) is 35.7 Å².